The minimum atomic E-state index is 0.471. The Morgan fingerprint density at radius 3 is 2.31 bits per heavy atom. The van der Waals surface area contributed by atoms with E-state index in [-0.39, 0.29) is 0 Å². The molecular formula is C15H29N. The first-order chi connectivity index (χ1) is 7.79. The summed E-state index contributed by atoms with van der Waals surface area (Å²) in [5.74, 6) is 0. The number of hydrogen-bond donors (Lipinski definition) is 1. The molecule has 1 nitrogen and oxygen atoms in total. The van der Waals surface area contributed by atoms with E-state index in [0.717, 1.165) is 0 Å². The maximum Gasteiger partial charge on any atom is 0.00422 e. The molecule has 16 heavy (non-hydrogen) atoms. The van der Waals surface area contributed by atoms with Crippen LogP contribution < -0.4 is 5.32 Å². The summed E-state index contributed by atoms with van der Waals surface area (Å²) in [6, 6.07) is 0. The molecule has 0 amide bonds. The van der Waals surface area contributed by atoms with Crippen molar-refractivity contribution in [2.45, 2.75) is 65.2 Å². The lowest BCUT2D eigenvalue weighted by Crippen LogP contribution is -2.35. The van der Waals surface area contributed by atoms with Crippen molar-refractivity contribution in [2.24, 2.45) is 5.41 Å². The maximum absolute atomic E-state index is 3.43. The molecule has 0 aliphatic heterocycles. The molecule has 0 bridgehead atoms. The summed E-state index contributed by atoms with van der Waals surface area (Å²) >= 11 is 0. The van der Waals surface area contributed by atoms with Gasteiger partial charge in [0.05, 0.1) is 0 Å². The van der Waals surface area contributed by atoms with Crippen LogP contribution in [0.1, 0.15) is 65.2 Å². The van der Waals surface area contributed by atoms with E-state index in [2.05, 4.69) is 32.3 Å². The number of hydrogen-bond acceptors (Lipinski definition) is 1. The summed E-state index contributed by atoms with van der Waals surface area (Å²) in [5, 5.41) is 3.43. The Kier molecular flexibility index (Phi) is 6.12. The van der Waals surface area contributed by atoms with E-state index in [1.165, 1.54) is 57.9 Å². The number of nitrogens with one attached hydrogen (secondary N) is 1. The Hall–Kier alpha value is -0.300. The van der Waals surface area contributed by atoms with Crippen molar-refractivity contribution in [2.75, 3.05) is 13.6 Å². The first-order valence-corrected chi connectivity index (χ1v) is 7.13. The van der Waals surface area contributed by atoms with E-state index in [1.807, 2.05) is 0 Å². The molecule has 0 unspecified atom stereocenters. The van der Waals surface area contributed by atoms with E-state index >= 15 is 0 Å². The van der Waals surface area contributed by atoms with Crippen LogP contribution >= 0.6 is 0 Å². The van der Waals surface area contributed by atoms with Gasteiger partial charge in [0.25, 0.3) is 0 Å². The summed E-state index contributed by atoms with van der Waals surface area (Å²) in [7, 11) is 2.10. The maximum atomic E-state index is 3.43. The van der Waals surface area contributed by atoms with Gasteiger partial charge in [-0.15, -0.1) is 0 Å². The first kappa shape index (κ1) is 13.8. The van der Waals surface area contributed by atoms with Gasteiger partial charge in [-0.25, -0.2) is 0 Å². The molecule has 1 rings (SSSR count). The lowest BCUT2D eigenvalue weighted by molar-refractivity contribution is 0.271. The van der Waals surface area contributed by atoms with Crippen LogP contribution in [0.3, 0.4) is 0 Å². The Morgan fingerprint density at radius 1 is 1.19 bits per heavy atom. The molecular weight excluding hydrogens is 194 g/mol. The summed E-state index contributed by atoms with van der Waals surface area (Å²) in [6.07, 6.45) is 13.3. The molecule has 0 atom stereocenters. The number of allylic oxidation sites excluding steroid dienone is 1. The van der Waals surface area contributed by atoms with Crippen LogP contribution in [0.15, 0.2) is 11.6 Å². The van der Waals surface area contributed by atoms with Gasteiger partial charge >= 0.3 is 0 Å². The Bertz CT molecular complexity index is 200. The second-order valence-corrected chi connectivity index (χ2v) is 5.29. The fourth-order valence-electron chi connectivity index (χ4n) is 3.35. The van der Waals surface area contributed by atoms with Gasteiger partial charge in [-0.3, -0.25) is 0 Å². The van der Waals surface area contributed by atoms with Crippen LogP contribution in [-0.4, -0.2) is 13.6 Å². The monoisotopic (exact) mass is 223 g/mol. The normalized spacial score (nSPS) is 17.3. The van der Waals surface area contributed by atoms with Crippen LogP contribution in [-0.2, 0) is 0 Å². The SMILES string of the molecule is CCCC(CCC)(CNC)C1=CCCCC1. The van der Waals surface area contributed by atoms with Crippen molar-refractivity contribution in [1.82, 2.24) is 5.32 Å². The highest BCUT2D eigenvalue weighted by molar-refractivity contribution is 5.17. The van der Waals surface area contributed by atoms with Gasteiger partial charge in [0.2, 0.25) is 0 Å². The molecule has 0 aromatic heterocycles. The minimum Gasteiger partial charge on any atom is -0.319 e. The van der Waals surface area contributed by atoms with Gasteiger partial charge in [0, 0.05) is 12.0 Å². The van der Waals surface area contributed by atoms with Gasteiger partial charge in [-0.2, -0.15) is 0 Å². The lowest BCUT2D eigenvalue weighted by atomic mass is 9.69. The molecule has 0 radical (unpaired) electrons. The quantitative estimate of drug-likeness (QED) is 0.635. The summed E-state index contributed by atoms with van der Waals surface area (Å²) in [6.45, 7) is 5.81. The van der Waals surface area contributed by atoms with E-state index in [9.17, 15) is 0 Å². The Morgan fingerprint density at radius 2 is 1.88 bits per heavy atom. The van der Waals surface area contributed by atoms with Gasteiger partial charge in [-0.05, 0) is 45.6 Å². The molecule has 0 saturated carbocycles. The van der Waals surface area contributed by atoms with Crippen molar-refractivity contribution < 1.29 is 0 Å². The average Bonchev–Trinajstić information content (AvgIpc) is 2.31. The molecule has 0 spiro atoms. The fourth-order valence-corrected chi connectivity index (χ4v) is 3.35. The standard InChI is InChI=1S/C15H29N/c1-4-11-15(12-5-2,13-16-3)14-9-7-6-8-10-14/h9,16H,4-8,10-13H2,1-3H3. The highest BCUT2D eigenvalue weighted by Gasteiger charge is 2.31. The predicted molar refractivity (Wildman–Crippen MR) is 72.7 cm³/mol. The van der Waals surface area contributed by atoms with E-state index in [1.54, 1.807) is 5.57 Å². The Balaban J connectivity index is 2.83. The molecule has 94 valence electrons. The highest BCUT2D eigenvalue weighted by atomic mass is 14.8. The van der Waals surface area contributed by atoms with Crippen molar-refractivity contribution in [3.63, 3.8) is 0 Å². The van der Waals surface area contributed by atoms with Gasteiger partial charge in [0.1, 0.15) is 0 Å². The molecule has 0 fully saturated rings. The third-order valence-corrected chi connectivity index (χ3v) is 3.94. The van der Waals surface area contributed by atoms with Crippen molar-refractivity contribution in [3.05, 3.63) is 11.6 Å². The largest absolute Gasteiger partial charge is 0.319 e. The molecule has 1 heteroatoms. The minimum absolute atomic E-state index is 0.471. The molecule has 0 heterocycles. The zero-order valence-corrected chi connectivity index (χ0v) is 11.4. The molecule has 0 aromatic carbocycles. The molecule has 1 aliphatic rings. The van der Waals surface area contributed by atoms with E-state index < -0.39 is 0 Å². The predicted octanol–water partition coefficient (Wildman–Crippen LogP) is 4.29. The second kappa shape index (κ2) is 7.11. The smallest absolute Gasteiger partial charge is 0.00422 e. The average molecular weight is 223 g/mol. The molecule has 1 aliphatic carbocycles. The topological polar surface area (TPSA) is 12.0 Å². The van der Waals surface area contributed by atoms with E-state index in [0.29, 0.717) is 5.41 Å². The molecule has 0 saturated heterocycles. The third kappa shape index (κ3) is 3.35. The Labute approximate surface area is 102 Å². The zero-order valence-electron chi connectivity index (χ0n) is 11.4. The zero-order chi connectivity index (χ0) is 11.9. The number of rotatable bonds is 7. The van der Waals surface area contributed by atoms with Crippen molar-refractivity contribution >= 4 is 0 Å². The van der Waals surface area contributed by atoms with Crippen LogP contribution in [0.2, 0.25) is 0 Å². The van der Waals surface area contributed by atoms with Crippen LogP contribution in [0.5, 0.6) is 0 Å². The van der Waals surface area contributed by atoms with Crippen LogP contribution in [0, 0.1) is 5.41 Å². The first-order valence-electron chi connectivity index (χ1n) is 7.13. The highest BCUT2D eigenvalue weighted by Crippen LogP contribution is 2.41. The van der Waals surface area contributed by atoms with E-state index in [4.69, 9.17) is 0 Å². The summed E-state index contributed by atoms with van der Waals surface area (Å²) < 4.78 is 0. The molecule has 0 aromatic rings. The van der Waals surface area contributed by atoms with Crippen LogP contribution in [0.25, 0.3) is 0 Å². The van der Waals surface area contributed by atoms with Gasteiger partial charge < -0.3 is 5.32 Å². The van der Waals surface area contributed by atoms with Gasteiger partial charge in [0.15, 0.2) is 0 Å². The fraction of sp³-hybridized carbons (Fsp3) is 0.867. The lowest BCUT2D eigenvalue weighted by Gasteiger charge is -2.38. The van der Waals surface area contributed by atoms with Crippen molar-refractivity contribution in [3.8, 4) is 0 Å². The van der Waals surface area contributed by atoms with Crippen molar-refractivity contribution in [1.29, 1.82) is 0 Å². The van der Waals surface area contributed by atoms with Crippen LogP contribution in [0.4, 0.5) is 0 Å². The second-order valence-electron chi connectivity index (χ2n) is 5.29. The molecule has 1 N–H and O–H groups in total. The summed E-state index contributed by atoms with van der Waals surface area (Å²) in [5.41, 5.74) is 2.23. The third-order valence-electron chi connectivity index (χ3n) is 3.94. The summed E-state index contributed by atoms with van der Waals surface area (Å²) in [4.78, 5) is 0. The van der Waals surface area contributed by atoms with Gasteiger partial charge in [-0.1, -0.05) is 38.3 Å².